The summed E-state index contributed by atoms with van der Waals surface area (Å²) in [4.78, 5) is 23.7. The molecule has 120 valence electrons. The maximum absolute atomic E-state index is 13.4. The molecule has 0 heterocycles. The van der Waals surface area contributed by atoms with Crippen LogP contribution in [0.15, 0.2) is 42.5 Å². The van der Waals surface area contributed by atoms with Gasteiger partial charge in [-0.05, 0) is 42.7 Å². The van der Waals surface area contributed by atoms with Gasteiger partial charge in [0.25, 0.3) is 5.91 Å². The van der Waals surface area contributed by atoms with Gasteiger partial charge in [-0.15, -0.1) is 0 Å². The van der Waals surface area contributed by atoms with E-state index < -0.39 is 24.3 Å². The Morgan fingerprint density at radius 2 is 1.91 bits per heavy atom. The second-order valence-corrected chi connectivity index (χ2v) is 5.10. The third-order valence-corrected chi connectivity index (χ3v) is 3.41. The summed E-state index contributed by atoms with van der Waals surface area (Å²) in [5.41, 5.74) is 2.20. The molecule has 2 rings (SSSR count). The largest absolute Gasteiger partial charge is 0.452 e. The first kappa shape index (κ1) is 16.7. The quantitative estimate of drug-likeness (QED) is 0.859. The Balaban J connectivity index is 1.93. The van der Waals surface area contributed by atoms with Gasteiger partial charge in [0.1, 0.15) is 5.82 Å². The van der Waals surface area contributed by atoms with E-state index in [1.165, 1.54) is 12.1 Å². The summed E-state index contributed by atoms with van der Waals surface area (Å²) in [6.07, 6.45) is 0.777. The second kappa shape index (κ2) is 7.54. The van der Waals surface area contributed by atoms with Crippen LogP contribution in [0, 0.1) is 12.7 Å². The third-order valence-electron chi connectivity index (χ3n) is 3.41. The van der Waals surface area contributed by atoms with E-state index in [1.807, 2.05) is 25.1 Å². The second-order valence-electron chi connectivity index (χ2n) is 5.10. The molecule has 4 nitrogen and oxygen atoms in total. The van der Waals surface area contributed by atoms with Gasteiger partial charge in [-0.2, -0.15) is 0 Å². The van der Waals surface area contributed by atoms with Crippen LogP contribution in [0.2, 0.25) is 0 Å². The number of aryl methyl sites for hydroxylation is 2. The Bertz CT molecular complexity index is 728. The SMILES string of the molecule is CCc1ccccc1NC(=O)COC(=O)c1ccc(C)c(F)c1. The van der Waals surface area contributed by atoms with Crippen LogP contribution in [0.25, 0.3) is 0 Å². The molecule has 23 heavy (non-hydrogen) atoms. The van der Waals surface area contributed by atoms with E-state index in [9.17, 15) is 14.0 Å². The monoisotopic (exact) mass is 315 g/mol. The Kier molecular flexibility index (Phi) is 5.46. The van der Waals surface area contributed by atoms with Crippen LogP contribution in [0.4, 0.5) is 10.1 Å². The topological polar surface area (TPSA) is 55.4 Å². The highest BCUT2D eigenvalue weighted by Gasteiger charge is 2.12. The van der Waals surface area contributed by atoms with E-state index in [1.54, 1.807) is 13.0 Å². The summed E-state index contributed by atoms with van der Waals surface area (Å²) in [6, 6.07) is 11.5. The van der Waals surface area contributed by atoms with Crippen molar-refractivity contribution in [2.75, 3.05) is 11.9 Å². The van der Waals surface area contributed by atoms with Crippen LogP contribution < -0.4 is 5.32 Å². The number of ether oxygens (including phenoxy) is 1. The molecule has 0 saturated heterocycles. The average molecular weight is 315 g/mol. The first-order chi connectivity index (χ1) is 11.0. The van der Waals surface area contributed by atoms with E-state index in [2.05, 4.69) is 5.32 Å². The Morgan fingerprint density at radius 1 is 1.17 bits per heavy atom. The number of halogens is 1. The van der Waals surface area contributed by atoms with Crippen molar-refractivity contribution in [2.45, 2.75) is 20.3 Å². The first-order valence-electron chi connectivity index (χ1n) is 7.32. The van der Waals surface area contributed by atoms with Crippen LogP contribution in [0.3, 0.4) is 0 Å². The third kappa shape index (κ3) is 4.39. The maximum Gasteiger partial charge on any atom is 0.338 e. The molecule has 0 saturated carbocycles. The molecule has 1 amide bonds. The fraction of sp³-hybridized carbons (Fsp3) is 0.222. The molecule has 0 radical (unpaired) electrons. The summed E-state index contributed by atoms with van der Waals surface area (Å²) >= 11 is 0. The minimum absolute atomic E-state index is 0.0786. The van der Waals surface area contributed by atoms with Gasteiger partial charge in [0.15, 0.2) is 6.61 Å². The molecule has 0 aliphatic rings. The van der Waals surface area contributed by atoms with Crippen molar-refractivity contribution in [3.8, 4) is 0 Å². The number of benzene rings is 2. The van der Waals surface area contributed by atoms with Gasteiger partial charge in [0.05, 0.1) is 5.56 Å². The van der Waals surface area contributed by atoms with Crippen LogP contribution in [-0.4, -0.2) is 18.5 Å². The van der Waals surface area contributed by atoms with E-state index in [0.29, 0.717) is 11.3 Å². The summed E-state index contributed by atoms with van der Waals surface area (Å²) < 4.78 is 18.3. The number of rotatable bonds is 5. The molecule has 2 aromatic rings. The Hall–Kier alpha value is -2.69. The lowest BCUT2D eigenvalue weighted by atomic mass is 10.1. The predicted octanol–water partition coefficient (Wildman–Crippen LogP) is 3.49. The number of hydrogen-bond acceptors (Lipinski definition) is 3. The van der Waals surface area contributed by atoms with Gasteiger partial charge in [0, 0.05) is 5.69 Å². The Labute approximate surface area is 134 Å². The number of anilines is 1. The lowest BCUT2D eigenvalue weighted by Crippen LogP contribution is -2.21. The zero-order chi connectivity index (χ0) is 16.8. The van der Waals surface area contributed by atoms with Gasteiger partial charge in [0.2, 0.25) is 0 Å². The molecule has 0 aliphatic carbocycles. The molecule has 2 aromatic carbocycles. The van der Waals surface area contributed by atoms with Gasteiger partial charge in [-0.3, -0.25) is 4.79 Å². The van der Waals surface area contributed by atoms with Crippen LogP contribution in [0.1, 0.15) is 28.4 Å². The van der Waals surface area contributed by atoms with Crippen molar-refractivity contribution < 1.29 is 18.7 Å². The maximum atomic E-state index is 13.4. The van der Waals surface area contributed by atoms with Crippen LogP contribution >= 0.6 is 0 Å². The lowest BCUT2D eigenvalue weighted by Gasteiger charge is -2.10. The van der Waals surface area contributed by atoms with Gasteiger partial charge in [-0.25, -0.2) is 9.18 Å². The van der Waals surface area contributed by atoms with E-state index in [0.717, 1.165) is 18.1 Å². The van der Waals surface area contributed by atoms with Crippen LogP contribution in [-0.2, 0) is 16.0 Å². The molecule has 0 unspecified atom stereocenters. The molecule has 0 atom stereocenters. The molecule has 0 aliphatic heterocycles. The van der Waals surface area contributed by atoms with Crippen molar-refractivity contribution >= 4 is 17.6 Å². The summed E-state index contributed by atoms with van der Waals surface area (Å²) in [6.45, 7) is 3.16. The van der Waals surface area contributed by atoms with Crippen molar-refractivity contribution in [1.82, 2.24) is 0 Å². The molecule has 0 bridgehead atoms. The smallest absolute Gasteiger partial charge is 0.338 e. The Morgan fingerprint density at radius 3 is 2.61 bits per heavy atom. The van der Waals surface area contributed by atoms with Gasteiger partial charge >= 0.3 is 5.97 Å². The highest BCUT2D eigenvalue weighted by molar-refractivity contribution is 5.95. The minimum Gasteiger partial charge on any atom is -0.452 e. The number of para-hydroxylation sites is 1. The summed E-state index contributed by atoms with van der Waals surface area (Å²) in [7, 11) is 0. The average Bonchev–Trinajstić information content (AvgIpc) is 2.55. The molecule has 5 heteroatoms. The minimum atomic E-state index is -0.733. The zero-order valence-corrected chi connectivity index (χ0v) is 13.1. The molecule has 0 spiro atoms. The van der Waals surface area contributed by atoms with Crippen LogP contribution in [0.5, 0.6) is 0 Å². The number of carbonyl (C=O) groups excluding carboxylic acids is 2. The van der Waals surface area contributed by atoms with Crippen molar-refractivity contribution in [3.05, 3.63) is 65.0 Å². The number of esters is 1. The number of hydrogen-bond donors (Lipinski definition) is 1. The highest BCUT2D eigenvalue weighted by atomic mass is 19.1. The first-order valence-corrected chi connectivity index (χ1v) is 7.32. The molecule has 0 fully saturated rings. The predicted molar refractivity (Wildman–Crippen MR) is 85.9 cm³/mol. The highest BCUT2D eigenvalue weighted by Crippen LogP contribution is 2.15. The molecular formula is C18H18FNO3. The number of carbonyl (C=O) groups is 2. The fourth-order valence-corrected chi connectivity index (χ4v) is 2.07. The van der Waals surface area contributed by atoms with E-state index in [4.69, 9.17) is 4.74 Å². The molecule has 1 N–H and O–H groups in total. The van der Waals surface area contributed by atoms with Gasteiger partial charge in [-0.1, -0.05) is 31.2 Å². The zero-order valence-electron chi connectivity index (χ0n) is 13.1. The van der Waals surface area contributed by atoms with Crippen molar-refractivity contribution in [2.24, 2.45) is 0 Å². The van der Waals surface area contributed by atoms with Crippen molar-refractivity contribution in [1.29, 1.82) is 0 Å². The summed E-state index contributed by atoms with van der Waals surface area (Å²) in [5.74, 6) is -1.66. The normalized spacial score (nSPS) is 10.2. The molecular weight excluding hydrogens is 297 g/mol. The molecule has 0 aromatic heterocycles. The van der Waals surface area contributed by atoms with E-state index >= 15 is 0 Å². The van der Waals surface area contributed by atoms with E-state index in [-0.39, 0.29) is 5.56 Å². The van der Waals surface area contributed by atoms with Gasteiger partial charge < -0.3 is 10.1 Å². The number of amides is 1. The standard InChI is InChI=1S/C18H18FNO3/c1-3-13-6-4-5-7-16(13)20-17(21)11-23-18(22)14-9-8-12(2)15(19)10-14/h4-10H,3,11H2,1-2H3,(H,20,21). The van der Waals surface area contributed by atoms with Crippen molar-refractivity contribution in [3.63, 3.8) is 0 Å². The summed E-state index contributed by atoms with van der Waals surface area (Å²) in [5, 5.41) is 2.70. The lowest BCUT2D eigenvalue weighted by molar-refractivity contribution is -0.119. The number of nitrogens with one attached hydrogen (secondary N) is 1. The fourth-order valence-electron chi connectivity index (χ4n) is 2.07.